The van der Waals surface area contributed by atoms with Crippen LogP contribution in [0.2, 0.25) is 0 Å². The zero-order valence-corrected chi connectivity index (χ0v) is 16.9. The first-order chi connectivity index (χ1) is 14.7. The number of nitrogens with one attached hydrogen (secondary N) is 1. The third-order valence-electron chi connectivity index (χ3n) is 5.25. The molecule has 0 radical (unpaired) electrons. The molecule has 0 aliphatic rings. The van der Waals surface area contributed by atoms with Gasteiger partial charge in [-0.3, -0.25) is 9.78 Å². The number of halogens is 3. The molecule has 0 fully saturated rings. The number of ether oxygens (including phenoxy) is 1. The highest BCUT2D eigenvalue weighted by molar-refractivity contribution is 5.74. The number of hydrogen-bond acceptors (Lipinski definition) is 5. The second-order valence-corrected chi connectivity index (χ2v) is 7.04. The van der Waals surface area contributed by atoms with Crippen LogP contribution in [-0.4, -0.2) is 37.6 Å². The second kappa shape index (κ2) is 8.75. The van der Waals surface area contributed by atoms with Crippen molar-refractivity contribution in [1.29, 1.82) is 0 Å². The van der Waals surface area contributed by atoms with Crippen molar-refractivity contribution in [3.05, 3.63) is 48.5 Å². The average Bonchev–Trinajstić information content (AvgIpc) is 3.26. The summed E-state index contributed by atoms with van der Waals surface area (Å²) >= 11 is 0. The van der Waals surface area contributed by atoms with Gasteiger partial charge >= 0.3 is 12.1 Å². The summed E-state index contributed by atoms with van der Waals surface area (Å²) in [6.07, 6.45) is 0.0733. The Bertz CT molecular complexity index is 1030. The molecule has 0 spiro atoms. The van der Waals surface area contributed by atoms with Crippen molar-refractivity contribution in [2.45, 2.75) is 32.9 Å². The Morgan fingerprint density at radius 1 is 1.00 bits per heavy atom. The van der Waals surface area contributed by atoms with Gasteiger partial charge in [-0.15, -0.1) is 0 Å². The molecule has 2 N–H and O–H groups in total. The number of hydrogen-bond donors (Lipinski definition) is 2. The zero-order chi connectivity index (χ0) is 22.6. The number of carboxylic acid groups (broad SMARTS) is 1. The van der Waals surface area contributed by atoms with Crippen molar-refractivity contribution in [2.24, 2.45) is 5.41 Å². The smallest absolute Gasteiger partial charge is 0.432 e. The predicted molar refractivity (Wildman–Crippen MR) is 106 cm³/mol. The lowest BCUT2D eigenvalue weighted by Gasteiger charge is -2.26. The summed E-state index contributed by atoms with van der Waals surface area (Å²) in [5.41, 5.74) is -0.242. The number of H-pyrrole nitrogens is 1. The molecule has 0 unspecified atom stereocenters. The van der Waals surface area contributed by atoms with Crippen molar-refractivity contribution in [1.82, 2.24) is 19.9 Å². The summed E-state index contributed by atoms with van der Waals surface area (Å²) < 4.78 is 43.7. The first-order valence-electron chi connectivity index (χ1n) is 9.60. The van der Waals surface area contributed by atoms with Crippen LogP contribution in [0.15, 0.2) is 42.9 Å². The molecule has 3 aromatic rings. The normalized spacial score (nSPS) is 12.0. The van der Waals surface area contributed by atoms with Crippen LogP contribution in [0.4, 0.5) is 13.2 Å². The topological polar surface area (TPSA) is 101 Å². The largest absolute Gasteiger partial charge is 0.481 e. The van der Waals surface area contributed by atoms with E-state index in [1.807, 2.05) is 0 Å². The number of carboxylic acids is 1. The molecule has 0 bridgehead atoms. The number of imidazole rings is 1. The minimum Gasteiger partial charge on any atom is -0.481 e. The van der Waals surface area contributed by atoms with Crippen LogP contribution in [0.3, 0.4) is 0 Å². The highest BCUT2D eigenvalue weighted by atomic mass is 19.4. The van der Waals surface area contributed by atoms with E-state index in [4.69, 9.17) is 4.74 Å². The van der Waals surface area contributed by atoms with E-state index in [1.54, 1.807) is 38.1 Å². The fraction of sp³-hybridized carbons (Fsp3) is 0.333. The van der Waals surface area contributed by atoms with E-state index in [0.717, 1.165) is 6.20 Å². The van der Waals surface area contributed by atoms with Gasteiger partial charge < -0.3 is 14.8 Å². The molecule has 3 aromatic heterocycles. The summed E-state index contributed by atoms with van der Waals surface area (Å²) in [6.45, 7) is 3.62. The van der Waals surface area contributed by atoms with Gasteiger partial charge in [0.1, 0.15) is 23.5 Å². The Hall–Kier alpha value is -3.43. The monoisotopic (exact) mass is 434 g/mol. The Kier molecular flexibility index (Phi) is 6.28. The zero-order valence-electron chi connectivity index (χ0n) is 16.9. The molecule has 7 nitrogen and oxygen atoms in total. The average molecular weight is 434 g/mol. The number of alkyl halides is 3. The van der Waals surface area contributed by atoms with E-state index in [1.165, 1.54) is 12.4 Å². The molecule has 31 heavy (non-hydrogen) atoms. The van der Waals surface area contributed by atoms with E-state index in [0.29, 0.717) is 35.5 Å². The van der Waals surface area contributed by atoms with Crippen LogP contribution in [-0.2, 0) is 11.0 Å². The number of carbonyl (C=O) groups is 1. The van der Waals surface area contributed by atoms with E-state index in [9.17, 15) is 23.1 Å². The van der Waals surface area contributed by atoms with E-state index in [-0.39, 0.29) is 12.4 Å². The Morgan fingerprint density at radius 3 is 2.16 bits per heavy atom. The van der Waals surface area contributed by atoms with Crippen molar-refractivity contribution in [3.8, 4) is 28.5 Å². The van der Waals surface area contributed by atoms with Crippen LogP contribution >= 0.6 is 0 Å². The first-order valence-corrected chi connectivity index (χ1v) is 9.60. The molecule has 3 rings (SSSR count). The molecule has 0 amide bonds. The fourth-order valence-electron chi connectivity index (χ4n) is 2.96. The minimum atomic E-state index is -4.49. The van der Waals surface area contributed by atoms with Crippen LogP contribution in [0.1, 0.15) is 32.4 Å². The summed E-state index contributed by atoms with van der Waals surface area (Å²) in [5.74, 6) is -0.539. The van der Waals surface area contributed by atoms with E-state index >= 15 is 0 Å². The Balaban J connectivity index is 1.70. The third kappa shape index (κ3) is 4.84. The molecule has 3 heterocycles. The van der Waals surface area contributed by atoms with Crippen LogP contribution < -0.4 is 4.74 Å². The lowest BCUT2D eigenvalue weighted by atomic mass is 9.83. The van der Waals surface area contributed by atoms with Gasteiger partial charge in [0.2, 0.25) is 5.88 Å². The van der Waals surface area contributed by atoms with Gasteiger partial charge in [0.25, 0.3) is 0 Å². The Labute approximate surface area is 176 Å². The molecule has 0 atom stereocenters. The highest BCUT2D eigenvalue weighted by Crippen LogP contribution is 2.30. The maximum atomic E-state index is 12.7. The van der Waals surface area contributed by atoms with Gasteiger partial charge in [-0.25, -0.2) is 9.97 Å². The van der Waals surface area contributed by atoms with Gasteiger partial charge in [-0.05, 0) is 31.0 Å². The number of aromatic amines is 1. The van der Waals surface area contributed by atoms with E-state index in [2.05, 4.69) is 19.9 Å². The maximum Gasteiger partial charge on any atom is 0.432 e. The van der Waals surface area contributed by atoms with Crippen molar-refractivity contribution >= 4 is 5.97 Å². The van der Waals surface area contributed by atoms with Crippen molar-refractivity contribution in [2.75, 3.05) is 6.61 Å². The number of nitrogens with zero attached hydrogens (tertiary/aromatic N) is 3. The molecule has 0 aliphatic carbocycles. The number of aliphatic carboxylic acids is 1. The van der Waals surface area contributed by atoms with Crippen molar-refractivity contribution < 1.29 is 27.8 Å². The number of pyridine rings is 2. The highest BCUT2D eigenvalue weighted by Gasteiger charge is 2.36. The minimum absolute atomic E-state index is 0.0116. The van der Waals surface area contributed by atoms with Gasteiger partial charge in [0.05, 0.1) is 11.9 Å². The second-order valence-electron chi connectivity index (χ2n) is 7.04. The number of aromatic nitrogens is 4. The van der Waals surface area contributed by atoms with Crippen LogP contribution in [0.25, 0.3) is 22.6 Å². The summed E-state index contributed by atoms with van der Waals surface area (Å²) in [4.78, 5) is 26.0. The molecule has 0 aromatic carbocycles. The molecular formula is C21H21F3N4O3. The summed E-state index contributed by atoms with van der Waals surface area (Å²) in [6, 6.07) is 6.59. The van der Waals surface area contributed by atoms with Crippen molar-refractivity contribution in [3.63, 3.8) is 0 Å². The summed E-state index contributed by atoms with van der Waals surface area (Å²) in [5, 5.41) is 9.47. The fourth-order valence-corrected chi connectivity index (χ4v) is 2.96. The molecule has 0 saturated heterocycles. The lowest BCUT2D eigenvalue weighted by molar-refractivity contribution is -0.151. The van der Waals surface area contributed by atoms with Gasteiger partial charge in [0.15, 0.2) is 0 Å². The van der Waals surface area contributed by atoms with E-state index < -0.39 is 23.3 Å². The molecule has 0 aliphatic heterocycles. The van der Waals surface area contributed by atoms with Gasteiger partial charge in [0, 0.05) is 29.6 Å². The third-order valence-corrected chi connectivity index (χ3v) is 5.25. The van der Waals surface area contributed by atoms with Crippen LogP contribution in [0, 0.1) is 5.41 Å². The molecule has 164 valence electrons. The SMILES string of the molecule is CCC(CC)(COc1ccc(-c2ccc(-c3ncc(C(F)(F)F)[nH]3)cn2)cn1)C(=O)O. The predicted octanol–water partition coefficient (Wildman–Crippen LogP) is 4.82. The number of rotatable bonds is 8. The standard InChI is InChI=1S/C21H21F3N4O3/c1-3-20(4-2,19(29)30)12-31-17-8-6-13(9-26-17)15-7-5-14(10-25-15)18-27-11-16(28-18)21(22,23)24/h5-11H,3-4,12H2,1-2H3,(H,27,28)(H,29,30). The first kappa shape index (κ1) is 22.3. The van der Waals surface area contributed by atoms with Gasteiger partial charge in [-0.1, -0.05) is 13.8 Å². The quantitative estimate of drug-likeness (QED) is 0.527. The molecular weight excluding hydrogens is 413 g/mol. The van der Waals surface area contributed by atoms with Crippen LogP contribution in [0.5, 0.6) is 5.88 Å². The summed E-state index contributed by atoms with van der Waals surface area (Å²) in [7, 11) is 0. The lowest BCUT2D eigenvalue weighted by Crippen LogP contribution is -2.36. The maximum absolute atomic E-state index is 12.7. The molecule has 10 heteroatoms. The molecule has 0 saturated carbocycles. The van der Waals surface area contributed by atoms with Gasteiger partial charge in [-0.2, -0.15) is 13.2 Å². The Morgan fingerprint density at radius 2 is 1.68 bits per heavy atom.